The van der Waals surface area contributed by atoms with Crippen LogP contribution in [0.4, 0.5) is 5.82 Å². The van der Waals surface area contributed by atoms with Crippen LogP contribution in [0.2, 0.25) is 0 Å². The highest BCUT2D eigenvalue weighted by Gasteiger charge is 2.05. The van der Waals surface area contributed by atoms with Crippen LogP contribution in [0, 0.1) is 11.3 Å². The quantitative estimate of drug-likeness (QED) is 0.749. The zero-order valence-corrected chi connectivity index (χ0v) is 12.0. The molecule has 102 valence electrons. The molecule has 0 bridgehead atoms. The predicted molar refractivity (Wildman–Crippen MR) is 84.7 cm³/mol. The van der Waals surface area contributed by atoms with Gasteiger partial charge in [0.05, 0.1) is 11.9 Å². The fraction of sp³-hybridized carbons (Fsp3) is 0.0625. The van der Waals surface area contributed by atoms with Gasteiger partial charge in [-0.2, -0.15) is 5.26 Å². The van der Waals surface area contributed by atoms with Gasteiger partial charge in [0.25, 0.3) is 0 Å². The van der Waals surface area contributed by atoms with Gasteiger partial charge in [0.1, 0.15) is 6.07 Å². The number of aromatic nitrogens is 2. The summed E-state index contributed by atoms with van der Waals surface area (Å²) in [4.78, 5) is 9.35. The van der Waals surface area contributed by atoms with Crippen molar-refractivity contribution in [2.45, 2.75) is 10.6 Å². The Morgan fingerprint density at radius 2 is 1.95 bits per heavy atom. The van der Waals surface area contributed by atoms with E-state index in [9.17, 15) is 0 Å². The van der Waals surface area contributed by atoms with E-state index in [1.54, 1.807) is 18.0 Å². The molecule has 3 aromatic rings. The molecule has 3 rings (SSSR count). The monoisotopic (exact) mass is 292 g/mol. The molecule has 0 unspecified atom stereocenters. The Hall–Kier alpha value is -2.58. The molecule has 2 N–H and O–H groups in total. The van der Waals surface area contributed by atoms with Gasteiger partial charge in [-0.05, 0) is 22.9 Å². The van der Waals surface area contributed by atoms with Crippen molar-refractivity contribution in [2.24, 2.45) is 0 Å². The molecule has 0 saturated heterocycles. The van der Waals surface area contributed by atoms with Gasteiger partial charge in [0, 0.05) is 10.6 Å². The number of anilines is 1. The molecule has 0 radical (unpaired) electrons. The number of fused-ring (bicyclic) bond motifs is 1. The number of thioether (sulfide) groups is 1. The maximum Gasteiger partial charge on any atom is 0.183 e. The standard InChI is InChI=1S/C16H12N4S/c17-8-15-16(18)19-9-13(20-15)10-21-14-6-5-11-3-1-2-4-12(11)7-14/h1-7,9H,10H2,(H2,18,19). The maximum atomic E-state index is 8.91. The zero-order chi connectivity index (χ0) is 14.7. The molecule has 0 atom stereocenters. The van der Waals surface area contributed by atoms with Gasteiger partial charge < -0.3 is 5.73 Å². The van der Waals surface area contributed by atoms with Crippen molar-refractivity contribution in [1.29, 1.82) is 5.26 Å². The molecule has 0 spiro atoms. The fourth-order valence-corrected chi connectivity index (χ4v) is 2.83. The summed E-state index contributed by atoms with van der Waals surface area (Å²) in [6.07, 6.45) is 1.62. The molecular weight excluding hydrogens is 280 g/mol. The summed E-state index contributed by atoms with van der Waals surface area (Å²) in [5, 5.41) is 11.3. The lowest BCUT2D eigenvalue weighted by Gasteiger charge is -2.04. The van der Waals surface area contributed by atoms with Crippen molar-refractivity contribution in [3.63, 3.8) is 0 Å². The number of nitriles is 1. The number of nitrogens with two attached hydrogens (primary N) is 1. The SMILES string of the molecule is N#Cc1nc(CSc2ccc3ccccc3c2)cnc1N. The molecule has 1 heterocycles. The zero-order valence-electron chi connectivity index (χ0n) is 11.2. The van der Waals surface area contributed by atoms with Crippen LogP contribution >= 0.6 is 11.8 Å². The van der Waals surface area contributed by atoms with E-state index in [0.717, 1.165) is 10.6 Å². The molecule has 0 fully saturated rings. The minimum absolute atomic E-state index is 0.178. The van der Waals surface area contributed by atoms with Gasteiger partial charge in [0.15, 0.2) is 11.5 Å². The first-order valence-corrected chi connectivity index (χ1v) is 7.38. The van der Waals surface area contributed by atoms with E-state index in [4.69, 9.17) is 11.0 Å². The van der Waals surface area contributed by atoms with E-state index in [1.807, 2.05) is 18.2 Å². The van der Waals surface area contributed by atoms with Crippen molar-refractivity contribution in [1.82, 2.24) is 9.97 Å². The van der Waals surface area contributed by atoms with Crippen molar-refractivity contribution in [3.8, 4) is 6.07 Å². The van der Waals surface area contributed by atoms with Crippen LogP contribution in [0.5, 0.6) is 0 Å². The third-order valence-electron chi connectivity index (χ3n) is 3.06. The van der Waals surface area contributed by atoms with Gasteiger partial charge in [0.2, 0.25) is 0 Å². The number of benzene rings is 2. The number of rotatable bonds is 3. The third kappa shape index (κ3) is 2.96. The number of hydrogen-bond acceptors (Lipinski definition) is 5. The average molecular weight is 292 g/mol. The Morgan fingerprint density at radius 1 is 1.14 bits per heavy atom. The van der Waals surface area contributed by atoms with E-state index in [1.165, 1.54) is 10.8 Å². The number of nitrogen functional groups attached to an aromatic ring is 1. The van der Waals surface area contributed by atoms with Crippen molar-refractivity contribution in [3.05, 3.63) is 60.0 Å². The average Bonchev–Trinajstić information content (AvgIpc) is 2.54. The van der Waals surface area contributed by atoms with Gasteiger partial charge in [-0.3, -0.25) is 0 Å². The van der Waals surface area contributed by atoms with Gasteiger partial charge in [-0.25, -0.2) is 9.97 Å². The van der Waals surface area contributed by atoms with Crippen LogP contribution in [0.1, 0.15) is 11.4 Å². The Balaban J connectivity index is 1.78. The van der Waals surface area contributed by atoms with Crippen molar-refractivity contribution in [2.75, 3.05) is 5.73 Å². The topological polar surface area (TPSA) is 75.6 Å². The molecule has 21 heavy (non-hydrogen) atoms. The van der Waals surface area contributed by atoms with Crippen molar-refractivity contribution < 1.29 is 0 Å². The van der Waals surface area contributed by atoms with Crippen LogP contribution in [-0.4, -0.2) is 9.97 Å². The lowest BCUT2D eigenvalue weighted by molar-refractivity contribution is 1.08. The van der Waals surface area contributed by atoms with Crippen molar-refractivity contribution >= 4 is 28.4 Å². The van der Waals surface area contributed by atoms with Crippen LogP contribution in [0.15, 0.2) is 53.6 Å². The maximum absolute atomic E-state index is 8.91. The Morgan fingerprint density at radius 3 is 2.76 bits per heavy atom. The molecular formula is C16H12N4S. The summed E-state index contributed by atoms with van der Waals surface area (Å²) >= 11 is 1.66. The first-order valence-electron chi connectivity index (χ1n) is 6.39. The smallest absolute Gasteiger partial charge is 0.183 e. The highest BCUT2D eigenvalue weighted by molar-refractivity contribution is 7.98. The second-order valence-electron chi connectivity index (χ2n) is 4.50. The molecule has 0 aliphatic heterocycles. The summed E-state index contributed by atoms with van der Waals surface area (Å²) in [6, 6.07) is 16.5. The minimum atomic E-state index is 0.178. The van der Waals surface area contributed by atoms with Gasteiger partial charge in [-0.1, -0.05) is 30.3 Å². The van der Waals surface area contributed by atoms with Crippen LogP contribution in [0.3, 0.4) is 0 Å². The molecule has 5 heteroatoms. The van der Waals surface area contributed by atoms with E-state index in [0.29, 0.717) is 5.75 Å². The Labute approximate surface area is 126 Å². The predicted octanol–water partition coefficient (Wildman–Crippen LogP) is 3.38. The summed E-state index contributed by atoms with van der Waals surface area (Å²) in [6.45, 7) is 0. The van der Waals surface area contributed by atoms with Gasteiger partial charge in [-0.15, -0.1) is 11.8 Å². The summed E-state index contributed by atoms with van der Waals surface area (Å²) < 4.78 is 0. The normalized spacial score (nSPS) is 10.4. The highest BCUT2D eigenvalue weighted by atomic mass is 32.2. The van der Waals surface area contributed by atoms with Gasteiger partial charge >= 0.3 is 0 Å². The number of nitrogens with zero attached hydrogens (tertiary/aromatic N) is 3. The first kappa shape index (κ1) is 13.4. The van der Waals surface area contributed by atoms with E-state index < -0.39 is 0 Å². The molecule has 0 saturated carbocycles. The molecule has 4 nitrogen and oxygen atoms in total. The summed E-state index contributed by atoms with van der Waals surface area (Å²) in [5.74, 6) is 0.831. The molecule has 1 aromatic heterocycles. The molecule has 0 amide bonds. The Bertz CT molecular complexity index is 839. The molecule has 0 aliphatic carbocycles. The first-order chi connectivity index (χ1) is 10.3. The highest BCUT2D eigenvalue weighted by Crippen LogP contribution is 2.26. The third-order valence-corrected chi connectivity index (χ3v) is 4.09. The van der Waals surface area contributed by atoms with Crippen LogP contribution in [-0.2, 0) is 5.75 Å². The molecule has 0 aliphatic rings. The Kier molecular flexibility index (Phi) is 3.71. The number of hydrogen-bond donors (Lipinski definition) is 1. The lowest BCUT2D eigenvalue weighted by atomic mass is 10.1. The molecule has 2 aromatic carbocycles. The minimum Gasteiger partial charge on any atom is -0.381 e. The van der Waals surface area contributed by atoms with Crippen LogP contribution in [0.25, 0.3) is 10.8 Å². The van der Waals surface area contributed by atoms with E-state index in [2.05, 4.69) is 40.3 Å². The fourth-order valence-electron chi connectivity index (χ4n) is 2.00. The van der Waals surface area contributed by atoms with Crippen LogP contribution < -0.4 is 5.73 Å². The van der Waals surface area contributed by atoms with E-state index in [-0.39, 0.29) is 11.5 Å². The summed E-state index contributed by atoms with van der Waals surface area (Å²) in [7, 11) is 0. The summed E-state index contributed by atoms with van der Waals surface area (Å²) in [5.41, 5.74) is 6.50. The van der Waals surface area contributed by atoms with E-state index >= 15 is 0 Å². The second-order valence-corrected chi connectivity index (χ2v) is 5.55. The lowest BCUT2D eigenvalue weighted by Crippen LogP contribution is -2.00. The second kappa shape index (κ2) is 5.81. The largest absolute Gasteiger partial charge is 0.381 e.